The van der Waals surface area contributed by atoms with Gasteiger partial charge in [-0.3, -0.25) is 0 Å². The zero-order valence-corrected chi connectivity index (χ0v) is 11.2. The highest BCUT2D eigenvalue weighted by Crippen LogP contribution is 2.16. The van der Waals surface area contributed by atoms with Gasteiger partial charge in [0.2, 0.25) is 0 Å². The van der Waals surface area contributed by atoms with Crippen molar-refractivity contribution in [3.63, 3.8) is 0 Å². The summed E-state index contributed by atoms with van der Waals surface area (Å²) in [6, 6.07) is 0. The van der Waals surface area contributed by atoms with Gasteiger partial charge >= 0.3 is 0 Å². The molecule has 2 unspecified atom stereocenters. The van der Waals surface area contributed by atoms with E-state index in [0.717, 1.165) is 24.8 Å². The van der Waals surface area contributed by atoms with Crippen LogP contribution in [0.2, 0.25) is 0 Å². The van der Waals surface area contributed by atoms with Gasteiger partial charge in [-0.25, -0.2) is 0 Å². The Morgan fingerprint density at radius 1 is 1.47 bits per heavy atom. The molecule has 0 radical (unpaired) electrons. The van der Waals surface area contributed by atoms with E-state index in [0.29, 0.717) is 12.0 Å². The summed E-state index contributed by atoms with van der Waals surface area (Å²) in [5.74, 6) is 2.42. The van der Waals surface area contributed by atoms with E-state index < -0.39 is 0 Å². The Kier molecular flexibility index (Phi) is 6.02. The number of ether oxygens (including phenoxy) is 1. The van der Waals surface area contributed by atoms with E-state index in [9.17, 15) is 0 Å². The fourth-order valence-electron chi connectivity index (χ4n) is 2.06. The molecule has 0 bridgehead atoms. The molecule has 2 nitrogen and oxygen atoms in total. The van der Waals surface area contributed by atoms with Crippen molar-refractivity contribution >= 4 is 12.6 Å². The zero-order valence-electron chi connectivity index (χ0n) is 10.3. The van der Waals surface area contributed by atoms with E-state index in [1.165, 1.54) is 19.5 Å². The van der Waals surface area contributed by atoms with Crippen molar-refractivity contribution in [3.05, 3.63) is 0 Å². The molecule has 0 N–H and O–H groups in total. The highest BCUT2D eigenvalue weighted by atomic mass is 32.1. The fraction of sp³-hybridized carbons (Fsp3) is 1.00. The monoisotopic (exact) mass is 231 g/mol. The summed E-state index contributed by atoms with van der Waals surface area (Å²) in [7, 11) is 0. The van der Waals surface area contributed by atoms with Crippen LogP contribution in [0, 0.1) is 11.8 Å². The largest absolute Gasteiger partial charge is 0.377 e. The Bertz CT molecular complexity index is 175. The number of hydrogen-bond donors (Lipinski definition) is 1. The summed E-state index contributed by atoms with van der Waals surface area (Å²) >= 11 is 4.45. The quantitative estimate of drug-likeness (QED) is 0.745. The van der Waals surface area contributed by atoms with Crippen molar-refractivity contribution < 1.29 is 4.74 Å². The summed E-state index contributed by atoms with van der Waals surface area (Å²) in [5, 5.41) is 0. The van der Waals surface area contributed by atoms with Crippen molar-refractivity contribution in [1.82, 2.24) is 4.90 Å². The number of thiol groups is 1. The van der Waals surface area contributed by atoms with Crippen LogP contribution in [0.3, 0.4) is 0 Å². The summed E-state index contributed by atoms with van der Waals surface area (Å²) in [4.78, 5) is 2.54. The van der Waals surface area contributed by atoms with Crippen LogP contribution in [0.25, 0.3) is 0 Å². The molecule has 90 valence electrons. The average Bonchev–Trinajstić information content (AvgIpc) is 2.38. The summed E-state index contributed by atoms with van der Waals surface area (Å²) in [6.45, 7) is 11.1. The van der Waals surface area contributed by atoms with Crippen LogP contribution in [-0.4, -0.2) is 43.0 Å². The maximum atomic E-state index is 5.65. The lowest BCUT2D eigenvalue weighted by Crippen LogP contribution is -2.36. The standard InChI is InChI=1S/C12H25NOS/c1-10(2)12(9-15)8-13-5-4-6-14-11(3)7-13/h10-12,15H,4-9H2,1-3H3. The predicted octanol–water partition coefficient (Wildman–Crippen LogP) is 2.30. The van der Waals surface area contributed by atoms with Crippen LogP contribution >= 0.6 is 12.6 Å². The molecule has 0 amide bonds. The third kappa shape index (κ3) is 4.75. The van der Waals surface area contributed by atoms with Gasteiger partial charge < -0.3 is 9.64 Å². The maximum absolute atomic E-state index is 5.65. The van der Waals surface area contributed by atoms with E-state index >= 15 is 0 Å². The Morgan fingerprint density at radius 2 is 2.20 bits per heavy atom. The molecule has 1 fully saturated rings. The number of nitrogens with zero attached hydrogens (tertiary/aromatic N) is 1. The molecule has 0 saturated carbocycles. The molecule has 0 aromatic heterocycles. The van der Waals surface area contributed by atoms with E-state index in [4.69, 9.17) is 4.74 Å². The van der Waals surface area contributed by atoms with Crippen molar-refractivity contribution in [2.45, 2.75) is 33.3 Å². The highest BCUT2D eigenvalue weighted by Gasteiger charge is 2.19. The molecule has 0 aliphatic carbocycles. The van der Waals surface area contributed by atoms with Gasteiger partial charge in [-0.15, -0.1) is 0 Å². The van der Waals surface area contributed by atoms with Gasteiger partial charge in [0.1, 0.15) is 0 Å². The summed E-state index contributed by atoms with van der Waals surface area (Å²) < 4.78 is 5.65. The highest BCUT2D eigenvalue weighted by molar-refractivity contribution is 7.80. The average molecular weight is 231 g/mol. The van der Waals surface area contributed by atoms with Crippen molar-refractivity contribution in [2.24, 2.45) is 11.8 Å². The first-order valence-corrected chi connectivity index (χ1v) is 6.71. The predicted molar refractivity (Wildman–Crippen MR) is 68.7 cm³/mol. The molecule has 0 aromatic carbocycles. The molecule has 3 heteroatoms. The molecule has 1 rings (SSSR count). The molecule has 0 aromatic rings. The van der Waals surface area contributed by atoms with Crippen molar-refractivity contribution in [2.75, 3.05) is 32.0 Å². The van der Waals surface area contributed by atoms with Crippen LogP contribution in [0.5, 0.6) is 0 Å². The molecule has 1 heterocycles. The van der Waals surface area contributed by atoms with Gasteiger partial charge in [-0.1, -0.05) is 13.8 Å². The van der Waals surface area contributed by atoms with Crippen LogP contribution in [0.1, 0.15) is 27.2 Å². The van der Waals surface area contributed by atoms with E-state index in [2.05, 4.69) is 38.3 Å². The van der Waals surface area contributed by atoms with Crippen molar-refractivity contribution in [1.29, 1.82) is 0 Å². The van der Waals surface area contributed by atoms with Crippen LogP contribution in [-0.2, 0) is 4.74 Å². The molecule has 2 atom stereocenters. The van der Waals surface area contributed by atoms with Gasteiger partial charge in [-0.05, 0) is 30.9 Å². The van der Waals surface area contributed by atoms with Crippen molar-refractivity contribution in [3.8, 4) is 0 Å². The van der Waals surface area contributed by atoms with Gasteiger partial charge in [0.25, 0.3) is 0 Å². The van der Waals surface area contributed by atoms with E-state index in [-0.39, 0.29) is 0 Å². The second kappa shape index (κ2) is 6.77. The van der Waals surface area contributed by atoms with E-state index in [1.54, 1.807) is 0 Å². The topological polar surface area (TPSA) is 12.5 Å². The van der Waals surface area contributed by atoms with Crippen LogP contribution < -0.4 is 0 Å². The summed E-state index contributed by atoms with van der Waals surface area (Å²) in [5.41, 5.74) is 0. The van der Waals surface area contributed by atoms with Gasteiger partial charge in [0, 0.05) is 26.2 Å². The minimum absolute atomic E-state index is 0.389. The lowest BCUT2D eigenvalue weighted by molar-refractivity contribution is 0.0649. The lowest BCUT2D eigenvalue weighted by atomic mass is 9.97. The molecular formula is C12H25NOS. The second-order valence-electron chi connectivity index (χ2n) is 4.98. The molecule has 1 aliphatic rings. The van der Waals surface area contributed by atoms with Gasteiger partial charge in [0.15, 0.2) is 0 Å². The minimum atomic E-state index is 0.389. The lowest BCUT2D eigenvalue weighted by Gasteiger charge is -2.28. The Labute approximate surface area is 99.8 Å². The Balaban J connectivity index is 2.40. The number of rotatable bonds is 4. The fourth-order valence-corrected chi connectivity index (χ4v) is 2.59. The molecule has 15 heavy (non-hydrogen) atoms. The normalized spacial score (nSPS) is 26.6. The van der Waals surface area contributed by atoms with Gasteiger partial charge in [0.05, 0.1) is 6.10 Å². The third-order valence-corrected chi connectivity index (χ3v) is 3.68. The smallest absolute Gasteiger partial charge is 0.0673 e. The minimum Gasteiger partial charge on any atom is -0.377 e. The first kappa shape index (κ1) is 13.3. The van der Waals surface area contributed by atoms with Gasteiger partial charge in [-0.2, -0.15) is 12.6 Å². The molecular weight excluding hydrogens is 206 g/mol. The zero-order chi connectivity index (χ0) is 11.3. The summed E-state index contributed by atoms with van der Waals surface area (Å²) in [6.07, 6.45) is 1.56. The van der Waals surface area contributed by atoms with Crippen LogP contribution in [0.4, 0.5) is 0 Å². The molecule has 0 spiro atoms. The van der Waals surface area contributed by atoms with Crippen LogP contribution in [0.15, 0.2) is 0 Å². The Hall–Kier alpha value is 0.270. The Morgan fingerprint density at radius 3 is 2.80 bits per heavy atom. The van der Waals surface area contributed by atoms with E-state index in [1.807, 2.05) is 0 Å². The molecule has 1 aliphatic heterocycles. The second-order valence-corrected chi connectivity index (χ2v) is 5.35. The first-order chi connectivity index (χ1) is 7.13. The number of hydrogen-bond acceptors (Lipinski definition) is 3. The first-order valence-electron chi connectivity index (χ1n) is 6.08. The SMILES string of the molecule is CC1CN(CC(CS)C(C)C)CCCO1. The maximum Gasteiger partial charge on any atom is 0.0673 e. The third-order valence-electron chi connectivity index (χ3n) is 3.21. The molecule has 1 saturated heterocycles.